The third kappa shape index (κ3) is 4.40. The minimum Gasteiger partial charge on any atom is -0.488 e. The highest BCUT2D eigenvalue weighted by atomic mass is 16.5. The second-order valence-electron chi connectivity index (χ2n) is 7.67. The Morgan fingerprint density at radius 1 is 1.07 bits per heavy atom. The van der Waals surface area contributed by atoms with Crippen molar-refractivity contribution in [2.75, 3.05) is 25.1 Å². The summed E-state index contributed by atoms with van der Waals surface area (Å²) in [6.45, 7) is 0. The van der Waals surface area contributed by atoms with Crippen molar-refractivity contribution in [1.82, 2.24) is 24.8 Å². The third-order valence-corrected chi connectivity index (χ3v) is 5.17. The van der Waals surface area contributed by atoms with Gasteiger partial charge in [-0.15, -0.1) is 0 Å². The fourth-order valence-corrected chi connectivity index (χ4v) is 3.61. The molecule has 1 saturated carbocycles. The first kappa shape index (κ1) is 19.8. The minimum absolute atomic E-state index is 0.0936. The summed E-state index contributed by atoms with van der Waals surface area (Å²) in [5, 5.41) is 3.35. The predicted octanol–water partition coefficient (Wildman–Crippen LogP) is 2.51. The van der Waals surface area contributed by atoms with Gasteiger partial charge >= 0.3 is 0 Å². The molecule has 1 aliphatic rings. The van der Waals surface area contributed by atoms with E-state index in [4.69, 9.17) is 10.5 Å². The molecule has 0 bridgehead atoms. The van der Waals surface area contributed by atoms with Crippen molar-refractivity contribution in [3.05, 3.63) is 42.5 Å². The highest BCUT2D eigenvalue weighted by Crippen LogP contribution is 2.30. The van der Waals surface area contributed by atoms with Gasteiger partial charge in [0.2, 0.25) is 5.95 Å². The zero-order chi connectivity index (χ0) is 21.1. The lowest BCUT2D eigenvalue weighted by atomic mass is 9.93. The summed E-state index contributed by atoms with van der Waals surface area (Å²) in [5.41, 5.74) is 8.54. The molecule has 3 aromatic rings. The monoisotopic (exact) mass is 407 g/mol. The maximum atomic E-state index is 11.9. The Bertz CT molecular complexity index is 1030. The number of nitrogens with one attached hydrogen (secondary N) is 1. The normalized spacial score (nSPS) is 18.7. The van der Waals surface area contributed by atoms with Crippen LogP contribution in [0.3, 0.4) is 0 Å². The van der Waals surface area contributed by atoms with Crippen LogP contribution < -0.4 is 15.8 Å². The molecule has 0 spiro atoms. The molecule has 0 atom stereocenters. The molecule has 1 aliphatic carbocycles. The van der Waals surface area contributed by atoms with Crippen LogP contribution in [0.4, 0.5) is 11.6 Å². The third-order valence-electron chi connectivity index (χ3n) is 5.17. The predicted molar refractivity (Wildman–Crippen MR) is 114 cm³/mol. The second-order valence-corrected chi connectivity index (χ2v) is 7.67. The van der Waals surface area contributed by atoms with Gasteiger partial charge in [0.1, 0.15) is 11.3 Å². The van der Waals surface area contributed by atoms with Gasteiger partial charge in [-0.2, -0.15) is 0 Å². The average Bonchev–Trinajstić information content (AvgIpc) is 2.75. The van der Waals surface area contributed by atoms with Crippen molar-refractivity contribution >= 4 is 28.6 Å². The first-order valence-electron chi connectivity index (χ1n) is 9.96. The first-order valence-corrected chi connectivity index (χ1v) is 9.96. The molecule has 0 aliphatic heterocycles. The summed E-state index contributed by atoms with van der Waals surface area (Å²) in [5.74, 6) is 1.10. The van der Waals surface area contributed by atoms with Gasteiger partial charge in [0.15, 0.2) is 0 Å². The molecule has 2 aromatic heterocycles. The molecule has 4 rings (SSSR count). The summed E-state index contributed by atoms with van der Waals surface area (Å²) in [7, 11) is 3.41. The van der Waals surface area contributed by atoms with Gasteiger partial charge < -0.3 is 20.7 Å². The lowest BCUT2D eigenvalue weighted by Gasteiger charge is -2.29. The number of fused-ring (bicyclic) bond motifs is 1. The fourth-order valence-electron chi connectivity index (χ4n) is 3.61. The Balaban J connectivity index is 1.34. The van der Waals surface area contributed by atoms with E-state index in [0.717, 1.165) is 36.7 Å². The van der Waals surface area contributed by atoms with Gasteiger partial charge in [-0.05, 0) is 31.7 Å². The molecule has 1 aromatic carbocycles. The fraction of sp³-hybridized carbons (Fsp3) is 0.381. The number of carbonyl (C=O) groups is 1. The Morgan fingerprint density at radius 3 is 2.47 bits per heavy atom. The van der Waals surface area contributed by atoms with E-state index in [2.05, 4.69) is 25.3 Å². The van der Waals surface area contributed by atoms with Crippen molar-refractivity contribution < 1.29 is 9.53 Å². The second kappa shape index (κ2) is 8.48. The standard InChI is InChI=1S/C21H25N7O2/c1-28(2)20(29)13-11-25-21(26-12-13)27-15-3-5-16(6-4-15)30-18-10-14(22)9-17-19(18)24-8-7-23-17/h7-12,15-16H,3-6,22H2,1-2H3,(H,25,26,27). The number of hydrogen-bond donors (Lipinski definition) is 2. The minimum atomic E-state index is -0.113. The van der Waals surface area contributed by atoms with Gasteiger partial charge in [0.25, 0.3) is 5.91 Å². The summed E-state index contributed by atoms with van der Waals surface area (Å²) in [6, 6.07) is 3.87. The number of aromatic nitrogens is 4. The SMILES string of the molecule is CN(C)C(=O)c1cnc(NC2CCC(Oc3cc(N)cc4nccnc34)CC2)nc1. The van der Waals surface area contributed by atoms with E-state index in [1.54, 1.807) is 44.9 Å². The molecule has 30 heavy (non-hydrogen) atoms. The number of carbonyl (C=O) groups excluding carboxylic acids is 1. The van der Waals surface area contributed by atoms with Crippen LogP contribution in [0.1, 0.15) is 36.0 Å². The summed E-state index contributed by atoms with van der Waals surface area (Å²) in [6.07, 6.45) is 10.2. The smallest absolute Gasteiger partial charge is 0.256 e. The number of benzene rings is 1. The van der Waals surface area contributed by atoms with E-state index >= 15 is 0 Å². The van der Waals surface area contributed by atoms with Gasteiger partial charge in [-0.3, -0.25) is 9.78 Å². The van der Waals surface area contributed by atoms with Crippen LogP contribution in [-0.4, -0.2) is 57.0 Å². The summed E-state index contributed by atoms with van der Waals surface area (Å²) < 4.78 is 6.23. The highest BCUT2D eigenvalue weighted by molar-refractivity contribution is 5.93. The lowest BCUT2D eigenvalue weighted by Crippen LogP contribution is -2.32. The number of amides is 1. The Labute approximate surface area is 174 Å². The van der Waals surface area contributed by atoms with Gasteiger partial charge in [-0.1, -0.05) is 0 Å². The average molecular weight is 407 g/mol. The molecular weight excluding hydrogens is 382 g/mol. The van der Waals surface area contributed by atoms with E-state index in [1.807, 2.05) is 6.07 Å². The van der Waals surface area contributed by atoms with Crippen molar-refractivity contribution in [3.63, 3.8) is 0 Å². The lowest BCUT2D eigenvalue weighted by molar-refractivity contribution is 0.0827. The molecular formula is C21H25N7O2. The van der Waals surface area contributed by atoms with Crippen LogP contribution in [0, 0.1) is 0 Å². The van der Waals surface area contributed by atoms with Crippen LogP contribution in [0.15, 0.2) is 36.9 Å². The van der Waals surface area contributed by atoms with E-state index in [9.17, 15) is 4.79 Å². The highest BCUT2D eigenvalue weighted by Gasteiger charge is 2.24. The number of nitrogens with two attached hydrogens (primary N) is 1. The summed E-state index contributed by atoms with van der Waals surface area (Å²) >= 11 is 0. The summed E-state index contributed by atoms with van der Waals surface area (Å²) in [4.78, 5) is 30.7. The van der Waals surface area contributed by atoms with E-state index < -0.39 is 0 Å². The van der Waals surface area contributed by atoms with Crippen molar-refractivity contribution in [3.8, 4) is 5.75 Å². The van der Waals surface area contributed by atoms with Crippen LogP contribution >= 0.6 is 0 Å². The quantitative estimate of drug-likeness (QED) is 0.619. The topological polar surface area (TPSA) is 119 Å². The molecule has 1 amide bonds. The van der Waals surface area contributed by atoms with Gasteiger partial charge in [0, 0.05) is 56.7 Å². The van der Waals surface area contributed by atoms with Crippen LogP contribution in [-0.2, 0) is 0 Å². The van der Waals surface area contributed by atoms with E-state index in [1.165, 1.54) is 4.90 Å². The van der Waals surface area contributed by atoms with Crippen molar-refractivity contribution in [2.45, 2.75) is 37.8 Å². The van der Waals surface area contributed by atoms with Crippen LogP contribution in [0.25, 0.3) is 11.0 Å². The number of nitrogens with zero attached hydrogens (tertiary/aromatic N) is 5. The molecule has 1 fully saturated rings. The molecule has 0 radical (unpaired) electrons. The number of hydrogen-bond acceptors (Lipinski definition) is 8. The molecule has 156 valence electrons. The van der Waals surface area contributed by atoms with E-state index in [0.29, 0.717) is 22.9 Å². The number of rotatable bonds is 5. The van der Waals surface area contributed by atoms with Crippen LogP contribution in [0.2, 0.25) is 0 Å². The maximum absolute atomic E-state index is 11.9. The molecule has 9 nitrogen and oxygen atoms in total. The number of ether oxygens (including phenoxy) is 1. The number of nitrogen functional groups attached to an aromatic ring is 1. The Kier molecular flexibility index (Phi) is 5.60. The molecule has 0 saturated heterocycles. The van der Waals surface area contributed by atoms with Gasteiger partial charge in [0.05, 0.1) is 17.2 Å². The molecule has 0 unspecified atom stereocenters. The first-order chi connectivity index (χ1) is 14.5. The van der Waals surface area contributed by atoms with Crippen LogP contribution in [0.5, 0.6) is 5.75 Å². The maximum Gasteiger partial charge on any atom is 0.256 e. The Hall–Kier alpha value is -3.49. The van der Waals surface area contributed by atoms with E-state index in [-0.39, 0.29) is 18.1 Å². The van der Waals surface area contributed by atoms with Crippen molar-refractivity contribution in [2.24, 2.45) is 0 Å². The Morgan fingerprint density at radius 2 is 1.77 bits per heavy atom. The number of anilines is 2. The molecule has 9 heteroatoms. The molecule has 3 N–H and O–H groups in total. The molecule has 2 heterocycles. The van der Waals surface area contributed by atoms with Crippen molar-refractivity contribution in [1.29, 1.82) is 0 Å². The largest absolute Gasteiger partial charge is 0.488 e. The zero-order valence-electron chi connectivity index (χ0n) is 17.1. The zero-order valence-corrected chi connectivity index (χ0v) is 17.1. The van der Waals surface area contributed by atoms with Gasteiger partial charge in [-0.25, -0.2) is 15.0 Å².